The molecule has 0 saturated carbocycles. The van der Waals surface area contributed by atoms with Crippen LogP contribution in [0.2, 0.25) is 0 Å². The molecule has 0 saturated heterocycles. The average Bonchev–Trinajstić information content (AvgIpc) is 3.23. The maximum absolute atomic E-state index is 13.8. The standard InChI is InChI=1S/C30H34N2O4S2/c1-18(33)31-21-12-9-13-22(17-21)37-26(19-10-7-6-8-11-19)27(34)32-28-25(29(35)36-5)23-15-14-20(30(2,3)4)16-24(23)38-28/h6-13,17,20,26H,14-16H2,1-5H3,(H,31,33)(H,32,34). The summed E-state index contributed by atoms with van der Waals surface area (Å²) in [6.45, 7) is 8.22. The first kappa shape index (κ1) is 27.9. The summed E-state index contributed by atoms with van der Waals surface area (Å²) in [6.07, 6.45) is 2.68. The van der Waals surface area contributed by atoms with Crippen molar-refractivity contribution in [1.82, 2.24) is 0 Å². The number of carbonyl (C=O) groups excluding carboxylic acids is 3. The van der Waals surface area contributed by atoms with Crippen molar-refractivity contribution in [2.75, 3.05) is 17.7 Å². The zero-order valence-corrected chi connectivity index (χ0v) is 24.1. The third-order valence-corrected chi connectivity index (χ3v) is 9.28. The lowest BCUT2D eigenvalue weighted by Gasteiger charge is -2.33. The highest BCUT2D eigenvalue weighted by atomic mass is 32.2. The van der Waals surface area contributed by atoms with Crippen molar-refractivity contribution in [3.63, 3.8) is 0 Å². The van der Waals surface area contributed by atoms with E-state index in [2.05, 4.69) is 31.4 Å². The number of methoxy groups -OCH3 is 1. The second-order valence-corrected chi connectivity index (χ2v) is 12.9. The summed E-state index contributed by atoms with van der Waals surface area (Å²) >= 11 is 2.89. The van der Waals surface area contributed by atoms with Gasteiger partial charge in [0.2, 0.25) is 11.8 Å². The molecule has 2 atom stereocenters. The van der Waals surface area contributed by atoms with Gasteiger partial charge in [0.15, 0.2) is 0 Å². The number of thiophene rings is 1. The predicted octanol–water partition coefficient (Wildman–Crippen LogP) is 7.12. The molecular formula is C30H34N2O4S2. The van der Waals surface area contributed by atoms with E-state index in [0.29, 0.717) is 22.2 Å². The third-order valence-electron chi connectivity index (χ3n) is 6.87. The number of anilines is 2. The largest absolute Gasteiger partial charge is 0.465 e. The number of esters is 1. The Morgan fingerprint density at radius 2 is 1.79 bits per heavy atom. The molecule has 3 aromatic rings. The maximum Gasteiger partial charge on any atom is 0.341 e. The van der Waals surface area contributed by atoms with E-state index in [1.807, 2.05) is 54.6 Å². The molecule has 1 aromatic heterocycles. The topological polar surface area (TPSA) is 84.5 Å². The van der Waals surface area contributed by atoms with Crippen LogP contribution in [0.3, 0.4) is 0 Å². The van der Waals surface area contributed by atoms with Gasteiger partial charge in [0.1, 0.15) is 10.3 Å². The fourth-order valence-corrected chi connectivity index (χ4v) is 7.20. The van der Waals surface area contributed by atoms with Gasteiger partial charge >= 0.3 is 5.97 Å². The second-order valence-electron chi connectivity index (χ2n) is 10.6. The van der Waals surface area contributed by atoms with Crippen molar-refractivity contribution in [2.45, 2.75) is 57.1 Å². The van der Waals surface area contributed by atoms with Gasteiger partial charge in [0.05, 0.1) is 12.7 Å². The molecule has 1 heterocycles. The summed E-state index contributed by atoms with van der Waals surface area (Å²) in [5.74, 6) is -0.289. The van der Waals surface area contributed by atoms with Gasteiger partial charge in [-0.05, 0) is 59.9 Å². The van der Waals surface area contributed by atoms with E-state index in [1.54, 1.807) is 0 Å². The third kappa shape index (κ3) is 6.48. The molecule has 8 heteroatoms. The summed E-state index contributed by atoms with van der Waals surface area (Å²) in [7, 11) is 1.38. The molecule has 38 heavy (non-hydrogen) atoms. The Labute approximate surface area is 232 Å². The highest BCUT2D eigenvalue weighted by molar-refractivity contribution is 8.00. The highest BCUT2D eigenvalue weighted by Crippen LogP contribution is 2.45. The van der Waals surface area contributed by atoms with E-state index >= 15 is 0 Å². The van der Waals surface area contributed by atoms with Crippen LogP contribution < -0.4 is 10.6 Å². The van der Waals surface area contributed by atoms with Gasteiger partial charge < -0.3 is 15.4 Å². The predicted molar refractivity (Wildman–Crippen MR) is 155 cm³/mol. The maximum atomic E-state index is 13.8. The van der Waals surface area contributed by atoms with E-state index in [4.69, 9.17) is 4.74 Å². The minimum absolute atomic E-state index is 0.157. The van der Waals surface area contributed by atoms with E-state index in [-0.39, 0.29) is 17.2 Å². The van der Waals surface area contributed by atoms with Crippen LogP contribution >= 0.6 is 23.1 Å². The Hall–Kier alpha value is -3.10. The number of hydrogen-bond donors (Lipinski definition) is 2. The molecule has 0 spiro atoms. The molecule has 0 aliphatic heterocycles. The molecular weight excluding hydrogens is 516 g/mol. The molecule has 0 fully saturated rings. The Balaban J connectivity index is 1.66. The van der Waals surface area contributed by atoms with Crippen molar-refractivity contribution in [3.05, 3.63) is 76.2 Å². The van der Waals surface area contributed by atoms with Crippen LogP contribution in [0.25, 0.3) is 0 Å². The first-order chi connectivity index (χ1) is 18.1. The van der Waals surface area contributed by atoms with Crippen molar-refractivity contribution in [1.29, 1.82) is 0 Å². The zero-order valence-electron chi connectivity index (χ0n) is 22.4. The second kappa shape index (κ2) is 11.7. The molecule has 1 aliphatic carbocycles. The molecule has 1 aliphatic rings. The fraction of sp³-hybridized carbons (Fsp3) is 0.367. The van der Waals surface area contributed by atoms with Gasteiger partial charge in [0.25, 0.3) is 0 Å². The van der Waals surface area contributed by atoms with Gasteiger partial charge in [-0.25, -0.2) is 4.79 Å². The summed E-state index contributed by atoms with van der Waals surface area (Å²) in [6, 6.07) is 17.0. The number of fused-ring (bicyclic) bond motifs is 1. The van der Waals surface area contributed by atoms with E-state index in [9.17, 15) is 14.4 Å². The van der Waals surface area contributed by atoms with E-state index in [0.717, 1.165) is 40.2 Å². The Morgan fingerprint density at radius 3 is 2.45 bits per heavy atom. The van der Waals surface area contributed by atoms with Crippen molar-refractivity contribution >= 4 is 51.6 Å². The van der Waals surface area contributed by atoms with Crippen LogP contribution in [0.1, 0.15) is 65.7 Å². The van der Waals surface area contributed by atoms with Crippen molar-refractivity contribution in [2.24, 2.45) is 11.3 Å². The number of benzene rings is 2. The number of hydrogen-bond acceptors (Lipinski definition) is 6. The van der Waals surface area contributed by atoms with E-state index < -0.39 is 11.2 Å². The zero-order chi connectivity index (χ0) is 27.4. The number of nitrogens with one attached hydrogen (secondary N) is 2. The van der Waals surface area contributed by atoms with Gasteiger partial charge in [-0.3, -0.25) is 9.59 Å². The monoisotopic (exact) mass is 550 g/mol. The minimum Gasteiger partial charge on any atom is -0.465 e. The summed E-state index contributed by atoms with van der Waals surface area (Å²) in [5, 5.41) is 5.86. The van der Waals surface area contributed by atoms with Crippen molar-refractivity contribution < 1.29 is 19.1 Å². The molecule has 4 rings (SSSR count). The quantitative estimate of drug-likeness (QED) is 0.242. The molecule has 200 valence electrons. The van der Waals surface area contributed by atoms with Crippen LogP contribution in [0.15, 0.2) is 59.5 Å². The van der Waals surface area contributed by atoms with E-state index in [1.165, 1.54) is 37.1 Å². The van der Waals surface area contributed by atoms with Crippen LogP contribution in [0.4, 0.5) is 10.7 Å². The number of amides is 2. The average molecular weight is 551 g/mol. The Morgan fingerprint density at radius 1 is 1.05 bits per heavy atom. The minimum atomic E-state index is -0.573. The molecule has 6 nitrogen and oxygen atoms in total. The molecule has 2 amide bonds. The summed E-state index contributed by atoms with van der Waals surface area (Å²) in [5.41, 5.74) is 3.16. The number of rotatable bonds is 7. The molecule has 0 bridgehead atoms. The molecule has 2 aromatic carbocycles. The van der Waals surface area contributed by atoms with Gasteiger partial charge in [-0.15, -0.1) is 23.1 Å². The normalized spacial score (nSPS) is 15.8. The van der Waals surface area contributed by atoms with Gasteiger partial charge in [-0.1, -0.05) is 57.2 Å². The first-order valence-electron chi connectivity index (χ1n) is 12.7. The lowest BCUT2D eigenvalue weighted by atomic mass is 9.72. The molecule has 0 radical (unpaired) electrons. The molecule has 2 N–H and O–H groups in total. The summed E-state index contributed by atoms with van der Waals surface area (Å²) < 4.78 is 5.14. The SMILES string of the molecule is COC(=O)c1c(NC(=O)C(Sc2cccc(NC(C)=O)c2)c2ccccc2)sc2c1CCC(C(C)(C)C)C2. The smallest absolute Gasteiger partial charge is 0.341 e. The Kier molecular flexibility index (Phi) is 8.63. The summed E-state index contributed by atoms with van der Waals surface area (Å²) in [4.78, 5) is 40.2. The lowest BCUT2D eigenvalue weighted by Crippen LogP contribution is -2.26. The number of thioether (sulfide) groups is 1. The lowest BCUT2D eigenvalue weighted by molar-refractivity contribution is -0.116. The van der Waals surface area contributed by atoms with Crippen LogP contribution in [-0.4, -0.2) is 24.9 Å². The first-order valence-corrected chi connectivity index (χ1v) is 14.4. The highest BCUT2D eigenvalue weighted by Gasteiger charge is 2.35. The van der Waals surface area contributed by atoms with Gasteiger partial charge in [0, 0.05) is 22.4 Å². The van der Waals surface area contributed by atoms with Crippen LogP contribution in [0.5, 0.6) is 0 Å². The number of carbonyl (C=O) groups is 3. The fourth-order valence-electron chi connectivity index (χ4n) is 4.80. The number of ether oxygens (including phenoxy) is 1. The van der Waals surface area contributed by atoms with Crippen LogP contribution in [-0.2, 0) is 27.2 Å². The van der Waals surface area contributed by atoms with Crippen molar-refractivity contribution in [3.8, 4) is 0 Å². The Bertz CT molecular complexity index is 1330. The molecule has 2 unspecified atom stereocenters. The van der Waals surface area contributed by atoms with Gasteiger partial charge in [-0.2, -0.15) is 0 Å². The van der Waals surface area contributed by atoms with Crippen LogP contribution in [0, 0.1) is 11.3 Å².